The molecule has 0 bridgehead atoms. The first-order valence-electron chi connectivity index (χ1n) is 15.7. The Kier molecular flexibility index (Phi) is 10.8. The monoisotopic (exact) mass is 712 g/mol. The zero-order valence-electron chi connectivity index (χ0n) is 26.1. The van der Waals surface area contributed by atoms with Gasteiger partial charge in [-0.05, 0) is 79.4 Å². The minimum absolute atomic E-state index is 0. The number of halogens is 2. The topological polar surface area (TPSA) is 55.8 Å². The summed E-state index contributed by atoms with van der Waals surface area (Å²) in [5.74, 6) is 1.37. The van der Waals surface area contributed by atoms with Gasteiger partial charge in [-0.25, -0.2) is 8.42 Å². The van der Waals surface area contributed by atoms with Crippen LogP contribution in [0.15, 0.2) is 77.7 Å². The highest BCUT2D eigenvalue weighted by molar-refractivity contribution is 7.89. The Hall–Kier alpha value is -2.62. The second-order valence-electron chi connectivity index (χ2n) is 12.6. The van der Waals surface area contributed by atoms with E-state index >= 15 is 0 Å². The maximum atomic E-state index is 14.2. The van der Waals surface area contributed by atoms with E-state index in [0.717, 1.165) is 46.8 Å². The molecule has 6 nitrogen and oxygen atoms in total. The minimum Gasteiger partial charge on any atom is -1.00 e. The van der Waals surface area contributed by atoms with Gasteiger partial charge < -0.3 is 30.9 Å². The molecule has 4 aromatic rings. The average molecular weight is 714 g/mol. The maximum Gasteiger partial charge on any atom is 0.243 e. The number of ether oxygens (including phenoxy) is 2. The standard InChI is InChI=1S/C36H42ClN2O4S.BrH/c1-27-19-28(2)21-30(20-27)26-39(15-5-6-16-39)14-4-3-13-38(25-29-7-12-35-36(22-29)43-18-17-42-35)44(40,41)34-11-9-31-23-33(37)10-8-32(31)24-34;/h7-12,19-24H,3-6,13-18,25-26H2,1-2H3;1H/q+1;/p-1. The summed E-state index contributed by atoms with van der Waals surface area (Å²) in [6, 6.07) is 23.4. The molecule has 1 saturated heterocycles. The average Bonchev–Trinajstić information content (AvgIpc) is 3.45. The Morgan fingerprint density at radius 3 is 2.22 bits per heavy atom. The molecule has 6 rings (SSSR count). The molecule has 0 atom stereocenters. The van der Waals surface area contributed by atoms with Crippen molar-refractivity contribution in [2.45, 2.75) is 57.5 Å². The molecule has 0 aromatic heterocycles. The summed E-state index contributed by atoms with van der Waals surface area (Å²) in [5, 5.41) is 2.39. The molecular formula is C36H42BrClN2O4S. The summed E-state index contributed by atoms with van der Waals surface area (Å²) in [6.45, 7) is 10.5. The van der Waals surface area contributed by atoms with E-state index < -0.39 is 10.0 Å². The number of rotatable bonds is 11. The molecule has 0 radical (unpaired) electrons. The summed E-state index contributed by atoms with van der Waals surface area (Å²) in [4.78, 5) is 0.294. The number of fused-ring (bicyclic) bond motifs is 2. The maximum absolute atomic E-state index is 14.2. The van der Waals surface area contributed by atoms with Gasteiger partial charge in [-0.2, -0.15) is 4.31 Å². The third kappa shape index (κ3) is 8.03. The van der Waals surface area contributed by atoms with E-state index in [1.807, 2.05) is 36.4 Å². The van der Waals surface area contributed by atoms with Gasteiger partial charge in [0.25, 0.3) is 0 Å². The van der Waals surface area contributed by atoms with Crippen LogP contribution in [-0.4, -0.2) is 56.6 Å². The number of aryl methyl sites for hydroxylation is 2. The number of likely N-dealkylation sites (tertiary alicyclic amines) is 1. The second-order valence-corrected chi connectivity index (χ2v) is 14.9. The fourth-order valence-corrected chi connectivity index (χ4v) is 8.61. The van der Waals surface area contributed by atoms with Crippen LogP contribution in [0.1, 0.15) is 47.9 Å². The van der Waals surface area contributed by atoms with Gasteiger partial charge >= 0.3 is 0 Å². The Bertz CT molecular complexity index is 1740. The third-order valence-electron chi connectivity index (χ3n) is 8.98. The van der Waals surface area contributed by atoms with E-state index in [4.69, 9.17) is 21.1 Å². The SMILES string of the molecule is Cc1cc(C)cc(C[N+]2(CCCCN(Cc3ccc4c(c3)OCCO4)S(=O)(=O)c3ccc4cc(Cl)ccc4c3)CCCC2)c1.[Br-]. The van der Waals surface area contributed by atoms with E-state index in [1.165, 1.54) is 42.6 Å². The van der Waals surface area contributed by atoms with Crippen molar-refractivity contribution in [2.24, 2.45) is 0 Å². The fourth-order valence-electron chi connectivity index (χ4n) is 6.93. The van der Waals surface area contributed by atoms with Gasteiger partial charge in [-0.15, -0.1) is 0 Å². The number of quaternary nitrogens is 1. The lowest BCUT2D eigenvalue weighted by Gasteiger charge is -2.35. The largest absolute Gasteiger partial charge is 1.00 e. The fraction of sp³-hybridized carbons (Fsp3) is 0.389. The molecule has 0 N–H and O–H groups in total. The molecule has 1 fully saturated rings. The summed E-state index contributed by atoms with van der Waals surface area (Å²) in [7, 11) is -3.77. The molecule has 45 heavy (non-hydrogen) atoms. The van der Waals surface area contributed by atoms with E-state index in [2.05, 4.69) is 32.0 Å². The normalized spacial score (nSPS) is 15.7. The summed E-state index contributed by atoms with van der Waals surface area (Å²) in [5.41, 5.74) is 4.91. The lowest BCUT2D eigenvalue weighted by molar-refractivity contribution is -0.929. The predicted molar refractivity (Wildman–Crippen MR) is 177 cm³/mol. The van der Waals surface area contributed by atoms with Crippen LogP contribution < -0.4 is 26.5 Å². The van der Waals surface area contributed by atoms with Gasteiger partial charge in [0.2, 0.25) is 10.0 Å². The number of unbranched alkanes of at least 4 members (excludes halogenated alkanes) is 1. The van der Waals surface area contributed by atoms with E-state index in [9.17, 15) is 8.42 Å². The molecule has 4 aromatic carbocycles. The molecule has 9 heteroatoms. The van der Waals surface area contributed by atoms with Crippen molar-refractivity contribution in [2.75, 3.05) is 39.4 Å². The van der Waals surface area contributed by atoms with Crippen LogP contribution in [0, 0.1) is 13.8 Å². The second kappa shape index (κ2) is 14.4. The first-order chi connectivity index (χ1) is 21.2. The van der Waals surface area contributed by atoms with Crippen LogP contribution in [0.2, 0.25) is 5.02 Å². The number of hydrogen-bond donors (Lipinski definition) is 0. The Morgan fingerprint density at radius 2 is 1.47 bits per heavy atom. The van der Waals surface area contributed by atoms with Gasteiger partial charge in [0, 0.05) is 36.5 Å². The zero-order valence-corrected chi connectivity index (χ0v) is 29.3. The van der Waals surface area contributed by atoms with Crippen LogP contribution in [-0.2, 0) is 23.1 Å². The van der Waals surface area contributed by atoms with Crippen LogP contribution in [0.5, 0.6) is 11.5 Å². The summed E-state index contributed by atoms with van der Waals surface area (Å²) in [6.07, 6.45) is 4.26. The first kappa shape index (κ1) is 33.7. The molecule has 0 unspecified atom stereocenters. The molecule has 0 spiro atoms. The molecule has 2 heterocycles. The first-order valence-corrected chi connectivity index (χ1v) is 17.5. The van der Waals surface area contributed by atoms with Gasteiger partial charge in [-0.1, -0.05) is 59.1 Å². The summed E-state index contributed by atoms with van der Waals surface area (Å²) < 4.78 is 42.6. The highest BCUT2D eigenvalue weighted by atomic mass is 79.9. The Morgan fingerprint density at radius 1 is 0.778 bits per heavy atom. The van der Waals surface area contributed by atoms with Crippen molar-refractivity contribution in [3.05, 3.63) is 100 Å². The lowest BCUT2D eigenvalue weighted by atomic mass is 10.1. The minimum atomic E-state index is -3.77. The summed E-state index contributed by atoms with van der Waals surface area (Å²) >= 11 is 6.18. The molecule has 0 aliphatic carbocycles. The third-order valence-corrected chi connectivity index (χ3v) is 11.1. The highest BCUT2D eigenvalue weighted by Crippen LogP contribution is 2.33. The van der Waals surface area contributed by atoms with Gasteiger partial charge in [0.15, 0.2) is 11.5 Å². The van der Waals surface area contributed by atoms with Crippen LogP contribution >= 0.6 is 11.6 Å². The predicted octanol–water partition coefficient (Wildman–Crippen LogP) is 4.67. The number of sulfonamides is 1. The van der Waals surface area contributed by atoms with Gasteiger partial charge in [0.05, 0.1) is 24.5 Å². The number of nitrogens with zero attached hydrogens (tertiary/aromatic N) is 2. The van der Waals surface area contributed by atoms with E-state index in [1.54, 1.807) is 22.5 Å². The Labute approximate surface area is 283 Å². The smallest absolute Gasteiger partial charge is 0.243 e. The van der Waals surface area contributed by atoms with Crippen molar-refractivity contribution in [1.29, 1.82) is 0 Å². The van der Waals surface area contributed by atoms with Crippen molar-refractivity contribution in [3.8, 4) is 11.5 Å². The van der Waals surface area contributed by atoms with E-state index in [-0.39, 0.29) is 23.5 Å². The van der Waals surface area contributed by atoms with Crippen LogP contribution in [0.3, 0.4) is 0 Å². The molecule has 2 aliphatic rings. The van der Waals surface area contributed by atoms with Crippen molar-refractivity contribution >= 4 is 32.4 Å². The molecule has 2 aliphatic heterocycles. The van der Waals surface area contributed by atoms with Crippen LogP contribution in [0.25, 0.3) is 10.8 Å². The van der Waals surface area contributed by atoms with E-state index in [0.29, 0.717) is 41.2 Å². The Balaban J connectivity index is 0.00000400. The van der Waals surface area contributed by atoms with Gasteiger partial charge in [-0.3, -0.25) is 0 Å². The highest BCUT2D eigenvalue weighted by Gasteiger charge is 2.32. The number of hydrogen-bond acceptors (Lipinski definition) is 4. The zero-order chi connectivity index (χ0) is 30.7. The molecule has 0 amide bonds. The molecule has 240 valence electrons. The van der Waals surface area contributed by atoms with Crippen molar-refractivity contribution < 1.29 is 39.4 Å². The lowest BCUT2D eigenvalue weighted by Crippen LogP contribution is -3.00. The molecular weight excluding hydrogens is 672 g/mol. The molecule has 0 saturated carbocycles. The van der Waals surface area contributed by atoms with Gasteiger partial charge in [0.1, 0.15) is 19.8 Å². The number of benzene rings is 4. The van der Waals surface area contributed by atoms with Crippen molar-refractivity contribution in [3.63, 3.8) is 0 Å². The van der Waals surface area contributed by atoms with Crippen LogP contribution in [0.4, 0.5) is 0 Å². The quantitative estimate of drug-likeness (QED) is 0.168. The van der Waals surface area contributed by atoms with Crippen molar-refractivity contribution in [1.82, 2.24) is 4.31 Å².